The van der Waals surface area contributed by atoms with E-state index in [1.807, 2.05) is 26.0 Å². The third kappa shape index (κ3) is 4.49. The number of benzene rings is 2. The van der Waals surface area contributed by atoms with Crippen LogP contribution < -0.4 is 20.3 Å². The number of nitrogens with one attached hydrogen (secondary N) is 2. The van der Waals surface area contributed by atoms with Crippen molar-refractivity contribution < 1.29 is 19.1 Å². The second kappa shape index (κ2) is 8.69. The summed E-state index contributed by atoms with van der Waals surface area (Å²) in [7, 11) is 0. The first kappa shape index (κ1) is 20.7. The molecule has 3 aromatic rings. The molecule has 0 saturated carbocycles. The highest BCUT2D eigenvalue weighted by atomic mass is 35.5. The normalized spacial score (nSPS) is 12.4. The van der Waals surface area contributed by atoms with Gasteiger partial charge >= 0.3 is 0 Å². The smallest absolute Gasteiger partial charge is 0.269 e. The number of rotatable bonds is 4. The Balaban J connectivity index is 1.40. The molecular formula is C22H21ClN4O4. The highest BCUT2D eigenvalue weighted by Crippen LogP contribution is 2.30. The van der Waals surface area contributed by atoms with E-state index in [1.165, 1.54) is 0 Å². The fourth-order valence-corrected chi connectivity index (χ4v) is 3.48. The number of amides is 2. The molecule has 31 heavy (non-hydrogen) atoms. The van der Waals surface area contributed by atoms with E-state index in [-0.39, 0.29) is 12.3 Å². The van der Waals surface area contributed by atoms with Crippen molar-refractivity contribution in [1.82, 2.24) is 20.6 Å². The molecule has 0 aliphatic carbocycles. The van der Waals surface area contributed by atoms with E-state index >= 15 is 0 Å². The molecule has 0 unspecified atom stereocenters. The third-order valence-corrected chi connectivity index (χ3v) is 5.22. The lowest BCUT2D eigenvalue weighted by Gasteiger charge is -2.18. The minimum Gasteiger partial charge on any atom is -0.486 e. The van der Waals surface area contributed by atoms with Crippen LogP contribution in [0.3, 0.4) is 0 Å². The summed E-state index contributed by atoms with van der Waals surface area (Å²) < 4.78 is 12.7. The average Bonchev–Trinajstić information content (AvgIpc) is 3.06. The zero-order valence-corrected chi connectivity index (χ0v) is 17.8. The molecule has 2 heterocycles. The van der Waals surface area contributed by atoms with Crippen molar-refractivity contribution in [3.8, 4) is 17.2 Å². The lowest BCUT2D eigenvalue weighted by atomic mass is 10.1. The lowest BCUT2D eigenvalue weighted by Crippen LogP contribution is -2.42. The molecule has 0 bridgehead atoms. The Bertz CT molecular complexity index is 1140. The maximum Gasteiger partial charge on any atom is 0.269 e. The highest BCUT2D eigenvalue weighted by Gasteiger charge is 2.18. The predicted octanol–water partition coefficient (Wildman–Crippen LogP) is 2.92. The van der Waals surface area contributed by atoms with E-state index in [4.69, 9.17) is 21.1 Å². The molecule has 9 heteroatoms. The quantitative estimate of drug-likeness (QED) is 0.608. The van der Waals surface area contributed by atoms with Crippen LogP contribution >= 0.6 is 11.6 Å². The zero-order chi connectivity index (χ0) is 22.0. The monoisotopic (exact) mass is 440 g/mol. The number of fused-ring (bicyclic) bond motifs is 1. The molecule has 0 saturated heterocycles. The molecule has 1 aromatic heterocycles. The number of hydrazine groups is 1. The molecule has 160 valence electrons. The largest absolute Gasteiger partial charge is 0.486 e. The molecule has 0 spiro atoms. The second-order valence-electron chi connectivity index (χ2n) is 7.08. The summed E-state index contributed by atoms with van der Waals surface area (Å²) in [5.41, 5.74) is 8.46. The van der Waals surface area contributed by atoms with Gasteiger partial charge in [0.1, 0.15) is 13.2 Å². The summed E-state index contributed by atoms with van der Waals surface area (Å²) in [5, 5.41) is 5.16. The fourth-order valence-electron chi connectivity index (χ4n) is 3.35. The van der Waals surface area contributed by atoms with E-state index < -0.39 is 5.91 Å². The van der Waals surface area contributed by atoms with Crippen molar-refractivity contribution >= 4 is 23.4 Å². The predicted molar refractivity (Wildman–Crippen MR) is 115 cm³/mol. The van der Waals surface area contributed by atoms with Crippen molar-refractivity contribution in [2.24, 2.45) is 0 Å². The molecule has 1 aliphatic rings. The molecule has 0 atom stereocenters. The fraction of sp³-hybridized carbons (Fsp3) is 0.227. The summed E-state index contributed by atoms with van der Waals surface area (Å²) >= 11 is 5.95. The Labute approximate surface area is 184 Å². The Kier molecular flexibility index (Phi) is 5.81. The van der Waals surface area contributed by atoms with Crippen LogP contribution in [0.25, 0.3) is 5.69 Å². The van der Waals surface area contributed by atoms with Crippen LogP contribution in [-0.4, -0.2) is 34.8 Å². The summed E-state index contributed by atoms with van der Waals surface area (Å²) in [4.78, 5) is 24.8. The van der Waals surface area contributed by atoms with Gasteiger partial charge < -0.3 is 9.47 Å². The Morgan fingerprint density at radius 2 is 1.74 bits per heavy atom. The minimum absolute atomic E-state index is 0.0761. The molecule has 2 aromatic carbocycles. The minimum atomic E-state index is -0.448. The number of hydrogen-bond acceptors (Lipinski definition) is 5. The number of halogens is 1. The van der Waals surface area contributed by atoms with Gasteiger partial charge in [0.2, 0.25) is 5.91 Å². The summed E-state index contributed by atoms with van der Waals surface area (Å²) in [6, 6.07) is 12.2. The van der Waals surface area contributed by atoms with Crippen molar-refractivity contribution in [3.63, 3.8) is 0 Å². The maximum atomic E-state index is 12.5. The number of carbonyl (C=O) groups is 2. The van der Waals surface area contributed by atoms with Crippen LogP contribution in [0.15, 0.2) is 42.5 Å². The number of ether oxygens (including phenoxy) is 2. The molecule has 0 radical (unpaired) electrons. The summed E-state index contributed by atoms with van der Waals surface area (Å²) in [6.07, 6.45) is 0.0761. The van der Waals surface area contributed by atoms with E-state index in [9.17, 15) is 9.59 Å². The van der Waals surface area contributed by atoms with Gasteiger partial charge in [-0.05, 0) is 56.3 Å². The molecule has 1 aliphatic heterocycles. The van der Waals surface area contributed by atoms with Crippen molar-refractivity contribution in [1.29, 1.82) is 0 Å². The molecule has 4 rings (SSSR count). The van der Waals surface area contributed by atoms with Crippen LogP contribution in [0.2, 0.25) is 5.02 Å². The van der Waals surface area contributed by atoms with Crippen LogP contribution in [0, 0.1) is 13.8 Å². The van der Waals surface area contributed by atoms with E-state index in [0.717, 1.165) is 22.6 Å². The van der Waals surface area contributed by atoms with Crippen LogP contribution in [0.4, 0.5) is 0 Å². The Morgan fingerprint density at radius 1 is 1.03 bits per heavy atom. The molecule has 0 fully saturated rings. The van der Waals surface area contributed by atoms with Gasteiger partial charge in [-0.2, -0.15) is 5.10 Å². The lowest BCUT2D eigenvalue weighted by molar-refractivity contribution is -0.121. The Morgan fingerprint density at radius 3 is 2.48 bits per heavy atom. The molecule has 2 N–H and O–H groups in total. The van der Waals surface area contributed by atoms with E-state index in [0.29, 0.717) is 35.3 Å². The van der Waals surface area contributed by atoms with Crippen LogP contribution in [-0.2, 0) is 11.2 Å². The van der Waals surface area contributed by atoms with Gasteiger partial charge in [0.05, 0.1) is 17.8 Å². The van der Waals surface area contributed by atoms with Gasteiger partial charge in [-0.15, -0.1) is 0 Å². The topological polar surface area (TPSA) is 94.5 Å². The van der Waals surface area contributed by atoms with Gasteiger partial charge in [0, 0.05) is 21.8 Å². The maximum absolute atomic E-state index is 12.5. The van der Waals surface area contributed by atoms with Crippen LogP contribution in [0.1, 0.15) is 27.3 Å². The highest BCUT2D eigenvalue weighted by molar-refractivity contribution is 6.30. The van der Waals surface area contributed by atoms with Gasteiger partial charge in [-0.25, -0.2) is 4.68 Å². The SMILES string of the molecule is Cc1nn(-c2ccc(Cl)cc2)c(C)c1CC(=O)NNC(=O)c1ccc2c(c1)OCCO2. The number of carbonyl (C=O) groups excluding carboxylic acids is 2. The average molecular weight is 441 g/mol. The number of nitrogens with zero attached hydrogens (tertiary/aromatic N) is 2. The Hall–Kier alpha value is -3.52. The first-order valence-corrected chi connectivity index (χ1v) is 10.1. The number of aryl methyl sites for hydroxylation is 1. The number of aromatic nitrogens is 2. The molecule has 2 amide bonds. The van der Waals surface area contributed by atoms with Crippen molar-refractivity contribution in [2.75, 3.05) is 13.2 Å². The van der Waals surface area contributed by atoms with E-state index in [1.54, 1.807) is 35.0 Å². The second-order valence-corrected chi connectivity index (χ2v) is 7.51. The van der Waals surface area contributed by atoms with Gasteiger partial charge in [-0.1, -0.05) is 11.6 Å². The first-order valence-electron chi connectivity index (χ1n) is 9.72. The van der Waals surface area contributed by atoms with Crippen LogP contribution in [0.5, 0.6) is 11.5 Å². The van der Waals surface area contributed by atoms with Crippen molar-refractivity contribution in [2.45, 2.75) is 20.3 Å². The summed E-state index contributed by atoms with van der Waals surface area (Å²) in [6.45, 7) is 4.64. The van der Waals surface area contributed by atoms with E-state index in [2.05, 4.69) is 16.0 Å². The first-order chi connectivity index (χ1) is 14.9. The summed E-state index contributed by atoms with van der Waals surface area (Å²) in [5.74, 6) is 0.296. The molecule has 8 nitrogen and oxygen atoms in total. The molecular weight excluding hydrogens is 420 g/mol. The number of hydrogen-bond donors (Lipinski definition) is 2. The van der Waals surface area contributed by atoms with Gasteiger partial charge in [0.15, 0.2) is 11.5 Å². The standard InChI is InChI=1S/C22H21ClN4O4/c1-13-18(14(2)27(26-13)17-6-4-16(23)5-7-17)12-21(28)24-25-22(29)15-3-8-19-20(11-15)31-10-9-30-19/h3-8,11H,9-10,12H2,1-2H3,(H,24,28)(H,25,29). The van der Waals surface area contributed by atoms with Gasteiger partial charge in [0.25, 0.3) is 5.91 Å². The van der Waals surface area contributed by atoms with Crippen molar-refractivity contribution in [3.05, 3.63) is 70.0 Å². The van der Waals surface area contributed by atoms with Gasteiger partial charge in [-0.3, -0.25) is 20.4 Å². The zero-order valence-electron chi connectivity index (χ0n) is 17.1. The third-order valence-electron chi connectivity index (χ3n) is 4.97.